The van der Waals surface area contributed by atoms with Gasteiger partial charge in [0.25, 0.3) is 0 Å². The van der Waals surface area contributed by atoms with E-state index in [9.17, 15) is 9.59 Å². The second kappa shape index (κ2) is 10.2. The predicted octanol–water partition coefficient (Wildman–Crippen LogP) is 4.37. The first-order valence-electron chi connectivity index (χ1n) is 9.00. The molecule has 0 saturated heterocycles. The monoisotopic (exact) mass is 412 g/mol. The molecule has 29 heavy (non-hydrogen) atoms. The van der Waals surface area contributed by atoms with Crippen molar-refractivity contribution in [2.75, 3.05) is 18.7 Å². The number of rotatable bonds is 10. The molecule has 150 valence electrons. The Hall–Kier alpha value is -3.39. The molecule has 7 nitrogen and oxygen atoms in total. The van der Waals surface area contributed by atoms with Crippen LogP contribution in [0.4, 0.5) is 5.13 Å². The molecule has 0 aliphatic rings. The van der Waals surface area contributed by atoms with E-state index in [0.29, 0.717) is 36.1 Å². The average molecular weight is 412 g/mol. The Bertz CT molecular complexity index is 951. The van der Waals surface area contributed by atoms with Crippen molar-refractivity contribution in [3.8, 4) is 5.75 Å². The summed E-state index contributed by atoms with van der Waals surface area (Å²) in [6.45, 7) is 4.15. The first kappa shape index (κ1) is 20.3. The standard InChI is InChI=1S/C21H20N2O5S/c1-2-19(24)27-14-6-5-13-26-16-11-9-15(10-12-16)20(25)28-23-21-22-17-7-3-4-8-18(17)29-21/h2-4,7-12H,1,5-6,13-14H2,(H,22,23). The number of benzene rings is 2. The van der Waals surface area contributed by atoms with Crippen molar-refractivity contribution >= 4 is 38.6 Å². The fourth-order valence-corrected chi connectivity index (χ4v) is 3.18. The van der Waals surface area contributed by atoms with Crippen molar-refractivity contribution < 1.29 is 23.9 Å². The van der Waals surface area contributed by atoms with Crippen molar-refractivity contribution in [2.45, 2.75) is 12.8 Å². The van der Waals surface area contributed by atoms with E-state index in [1.807, 2.05) is 24.3 Å². The van der Waals surface area contributed by atoms with Crippen LogP contribution < -0.4 is 10.2 Å². The Labute approximate surface area is 171 Å². The minimum atomic E-state index is -0.514. The molecule has 0 atom stereocenters. The summed E-state index contributed by atoms with van der Waals surface area (Å²) in [5.41, 5.74) is 3.83. The van der Waals surface area contributed by atoms with E-state index in [2.05, 4.69) is 17.0 Å². The molecule has 0 radical (unpaired) electrons. The molecule has 1 N–H and O–H groups in total. The van der Waals surface area contributed by atoms with Gasteiger partial charge >= 0.3 is 11.9 Å². The molecule has 3 aromatic rings. The van der Waals surface area contributed by atoms with Crippen LogP contribution in [0.25, 0.3) is 10.2 Å². The minimum absolute atomic E-state index is 0.334. The van der Waals surface area contributed by atoms with Crippen molar-refractivity contribution in [3.05, 3.63) is 66.7 Å². The molecule has 0 bridgehead atoms. The molecule has 0 aliphatic carbocycles. The highest BCUT2D eigenvalue weighted by molar-refractivity contribution is 7.22. The number of nitrogens with one attached hydrogen (secondary N) is 1. The van der Waals surface area contributed by atoms with Crippen molar-refractivity contribution in [1.82, 2.24) is 4.98 Å². The maximum atomic E-state index is 12.2. The molecule has 0 amide bonds. The fraction of sp³-hybridized carbons (Fsp3) is 0.190. The molecule has 0 aliphatic heterocycles. The number of fused-ring (bicyclic) bond motifs is 1. The highest BCUT2D eigenvalue weighted by Gasteiger charge is 2.10. The smallest absolute Gasteiger partial charge is 0.362 e. The van der Waals surface area contributed by atoms with Crippen LogP contribution in [-0.4, -0.2) is 30.1 Å². The molecule has 2 aromatic carbocycles. The molecule has 0 fully saturated rings. The number of ether oxygens (including phenoxy) is 2. The number of hydrogen-bond donors (Lipinski definition) is 1. The second-order valence-electron chi connectivity index (χ2n) is 5.93. The zero-order chi connectivity index (χ0) is 20.5. The van der Waals surface area contributed by atoms with E-state index < -0.39 is 11.9 Å². The highest BCUT2D eigenvalue weighted by Crippen LogP contribution is 2.25. The summed E-state index contributed by atoms with van der Waals surface area (Å²) in [4.78, 5) is 32.5. The first-order valence-corrected chi connectivity index (χ1v) is 9.82. The highest BCUT2D eigenvalue weighted by atomic mass is 32.1. The minimum Gasteiger partial charge on any atom is -0.494 e. The van der Waals surface area contributed by atoms with E-state index in [1.54, 1.807) is 24.3 Å². The lowest BCUT2D eigenvalue weighted by atomic mass is 10.2. The van der Waals surface area contributed by atoms with Gasteiger partial charge in [-0.3, -0.25) is 0 Å². The molecule has 0 spiro atoms. The van der Waals surface area contributed by atoms with E-state index in [-0.39, 0.29) is 0 Å². The maximum Gasteiger partial charge on any atom is 0.362 e. The SMILES string of the molecule is C=CC(=O)OCCCCOc1ccc(C(=O)ONc2nc3ccccc3s2)cc1. The van der Waals surface area contributed by atoms with Crippen LogP contribution in [0, 0.1) is 0 Å². The van der Waals surface area contributed by atoms with E-state index in [0.717, 1.165) is 22.7 Å². The molecule has 0 saturated carbocycles. The Balaban J connectivity index is 1.40. The number of esters is 1. The third-order valence-corrected chi connectivity index (χ3v) is 4.77. The molecule has 8 heteroatoms. The summed E-state index contributed by atoms with van der Waals surface area (Å²) in [5, 5.41) is 0.512. The van der Waals surface area contributed by atoms with Crippen LogP contribution in [0.3, 0.4) is 0 Å². The molecule has 1 heterocycles. The number of anilines is 1. The Morgan fingerprint density at radius 2 is 1.83 bits per heavy atom. The van der Waals surface area contributed by atoms with Gasteiger partial charge < -0.3 is 14.3 Å². The molecule has 0 unspecified atom stereocenters. The Morgan fingerprint density at radius 1 is 1.07 bits per heavy atom. The van der Waals surface area contributed by atoms with Crippen molar-refractivity contribution in [1.29, 1.82) is 0 Å². The summed E-state index contributed by atoms with van der Waals surface area (Å²) >= 11 is 1.40. The average Bonchev–Trinajstić information content (AvgIpc) is 3.17. The third-order valence-electron chi connectivity index (χ3n) is 3.83. The first-order chi connectivity index (χ1) is 14.2. The van der Waals surface area contributed by atoms with Gasteiger partial charge in [0.1, 0.15) is 5.75 Å². The van der Waals surface area contributed by atoms with Gasteiger partial charge in [-0.25, -0.2) is 14.6 Å². The summed E-state index contributed by atoms with van der Waals surface area (Å²) in [6, 6.07) is 14.3. The normalized spacial score (nSPS) is 10.3. The molecular formula is C21H20N2O5S. The predicted molar refractivity (Wildman–Crippen MR) is 111 cm³/mol. The zero-order valence-electron chi connectivity index (χ0n) is 15.6. The van der Waals surface area contributed by atoms with Gasteiger partial charge in [-0.2, -0.15) is 5.48 Å². The number of aromatic nitrogens is 1. The van der Waals surface area contributed by atoms with Crippen LogP contribution in [0.1, 0.15) is 23.2 Å². The van der Waals surface area contributed by atoms with Gasteiger partial charge in [0.05, 0.1) is 29.0 Å². The van der Waals surface area contributed by atoms with Gasteiger partial charge in [0.2, 0.25) is 5.13 Å². The number of thiazole rings is 1. The number of carbonyl (C=O) groups excluding carboxylic acids is 2. The number of nitrogens with zero attached hydrogens (tertiary/aromatic N) is 1. The summed E-state index contributed by atoms with van der Waals surface area (Å²) < 4.78 is 11.5. The van der Waals surface area contributed by atoms with Crippen molar-refractivity contribution in [3.63, 3.8) is 0 Å². The summed E-state index contributed by atoms with van der Waals surface area (Å²) in [7, 11) is 0. The zero-order valence-corrected chi connectivity index (χ0v) is 16.4. The maximum absolute atomic E-state index is 12.2. The van der Waals surface area contributed by atoms with Gasteiger partial charge in [0, 0.05) is 6.08 Å². The second-order valence-corrected chi connectivity index (χ2v) is 6.96. The summed E-state index contributed by atoms with van der Waals surface area (Å²) in [5.74, 6) is -0.297. The van der Waals surface area contributed by atoms with E-state index in [4.69, 9.17) is 14.3 Å². The van der Waals surface area contributed by atoms with Gasteiger partial charge in [-0.05, 0) is 49.2 Å². The van der Waals surface area contributed by atoms with Crippen LogP contribution in [0.5, 0.6) is 5.75 Å². The number of carbonyl (C=O) groups is 2. The van der Waals surface area contributed by atoms with Gasteiger partial charge in [-0.1, -0.05) is 30.0 Å². The van der Waals surface area contributed by atoms with Crippen LogP contribution >= 0.6 is 11.3 Å². The van der Waals surface area contributed by atoms with Gasteiger partial charge in [0.15, 0.2) is 0 Å². The quantitative estimate of drug-likeness (QED) is 0.229. The fourth-order valence-electron chi connectivity index (χ4n) is 2.38. The lowest BCUT2D eigenvalue weighted by Crippen LogP contribution is -2.10. The molecule has 3 rings (SSSR count). The Kier molecular flexibility index (Phi) is 7.18. The number of unbranched alkanes of at least 4 members (excludes halogenated alkanes) is 1. The number of para-hydroxylation sites is 1. The number of hydrogen-bond acceptors (Lipinski definition) is 8. The lowest BCUT2D eigenvalue weighted by Gasteiger charge is -2.07. The van der Waals surface area contributed by atoms with E-state index >= 15 is 0 Å². The van der Waals surface area contributed by atoms with Gasteiger partial charge in [-0.15, -0.1) is 0 Å². The molecular weight excluding hydrogens is 392 g/mol. The summed E-state index contributed by atoms with van der Waals surface area (Å²) in [6.07, 6.45) is 2.57. The topological polar surface area (TPSA) is 86.8 Å². The Morgan fingerprint density at radius 3 is 2.59 bits per heavy atom. The molecule has 1 aromatic heterocycles. The van der Waals surface area contributed by atoms with E-state index in [1.165, 1.54) is 11.3 Å². The third kappa shape index (κ3) is 6.05. The van der Waals surface area contributed by atoms with Crippen molar-refractivity contribution in [2.24, 2.45) is 0 Å². The largest absolute Gasteiger partial charge is 0.494 e. The van der Waals surface area contributed by atoms with Crippen LogP contribution in [0.15, 0.2) is 61.2 Å². The van der Waals surface area contributed by atoms with Crippen LogP contribution in [-0.2, 0) is 14.4 Å². The van der Waals surface area contributed by atoms with Crippen LogP contribution in [0.2, 0.25) is 0 Å². The lowest BCUT2D eigenvalue weighted by molar-refractivity contribution is -0.137.